The van der Waals surface area contributed by atoms with E-state index in [1.807, 2.05) is 38.1 Å². The number of nitrogens with one attached hydrogen (secondary N) is 1. The van der Waals surface area contributed by atoms with Crippen LogP contribution in [-0.2, 0) is 0 Å². The van der Waals surface area contributed by atoms with Crippen molar-refractivity contribution in [2.24, 2.45) is 0 Å². The lowest BCUT2D eigenvalue weighted by molar-refractivity contribution is 0.245. The van der Waals surface area contributed by atoms with E-state index in [2.05, 4.69) is 17.2 Å². The second kappa shape index (κ2) is 6.10. The van der Waals surface area contributed by atoms with E-state index in [0.717, 1.165) is 12.1 Å². The maximum absolute atomic E-state index is 9.50. The lowest BCUT2D eigenvalue weighted by Gasteiger charge is -2.10. The number of aliphatic hydroxyl groups excluding tert-OH is 1. The molecule has 0 aliphatic rings. The van der Waals surface area contributed by atoms with Crippen molar-refractivity contribution in [2.75, 3.05) is 11.9 Å². The van der Waals surface area contributed by atoms with Crippen LogP contribution in [-0.4, -0.2) is 17.8 Å². The quantitative estimate of drug-likeness (QED) is 0.738. The van der Waals surface area contributed by atoms with Crippen LogP contribution in [0.15, 0.2) is 24.3 Å². The Morgan fingerprint density at radius 2 is 2.13 bits per heavy atom. The van der Waals surface area contributed by atoms with E-state index >= 15 is 0 Å². The van der Waals surface area contributed by atoms with Gasteiger partial charge in [0, 0.05) is 12.1 Å². The van der Waals surface area contributed by atoms with Gasteiger partial charge < -0.3 is 10.4 Å². The highest BCUT2D eigenvalue weighted by molar-refractivity contribution is 5.50. The lowest BCUT2D eigenvalue weighted by atomic mass is 10.2. The molecule has 0 amide bonds. The summed E-state index contributed by atoms with van der Waals surface area (Å²) in [5.74, 6) is 5.62. The van der Waals surface area contributed by atoms with E-state index in [9.17, 15) is 5.11 Å². The molecule has 0 aliphatic carbocycles. The van der Waals surface area contributed by atoms with Crippen molar-refractivity contribution < 1.29 is 5.11 Å². The molecule has 0 heterocycles. The zero-order valence-electron chi connectivity index (χ0n) is 9.25. The van der Waals surface area contributed by atoms with Crippen molar-refractivity contribution in [2.45, 2.75) is 26.4 Å². The van der Waals surface area contributed by atoms with Gasteiger partial charge in [-0.05, 0) is 18.6 Å². The Hall–Kier alpha value is -1.46. The van der Waals surface area contributed by atoms with Crippen LogP contribution in [0.4, 0.5) is 5.69 Å². The molecule has 1 rings (SSSR count). The van der Waals surface area contributed by atoms with E-state index < -0.39 is 6.10 Å². The summed E-state index contributed by atoms with van der Waals surface area (Å²) in [6.07, 6.45) is 0.186. The van der Waals surface area contributed by atoms with Crippen molar-refractivity contribution in [3.8, 4) is 11.8 Å². The second-order valence-corrected chi connectivity index (χ2v) is 3.39. The highest BCUT2D eigenvalue weighted by Gasteiger charge is 2.00. The fourth-order valence-electron chi connectivity index (χ4n) is 1.25. The van der Waals surface area contributed by atoms with Crippen molar-refractivity contribution in [1.82, 2.24) is 0 Å². The Balaban J connectivity index is 2.47. The van der Waals surface area contributed by atoms with Crippen LogP contribution in [0.25, 0.3) is 0 Å². The van der Waals surface area contributed by atoms with Crippen LogP contribution < -0.4 is 5.32 Å². The Morgan fingerprint density at radius 1 is 1.40 bits per heavy atom. The van der Waals surface area contributed by atoms with Gasteiger partial charge in [-0.1, -0.05) is 31.0 Å². The van der Waals surface area contributed by atoms with Gasteiger partial charge in [-0.2, -0.15) is 0 Å². The fourth-order valence-corrected chi connectivity index (χ4v) is 1.25. The first-order valence-corrected chi connectivity index (χ1v) is 5.20. The van der Waals surface area contributed by atoms with Crippen LogP contribution in [0.5, 0.6) is 0 Å². The number of hydrogen-bond donors (Lipinski definition) is 2. The molecular formula is C13H17NO. The van der Waals surface area contributed by atoms with Gasteiger partial charge in [-0.25, -0.2) is 0 Å². The molecule has 15 heavy (non-hydrogen) atoms. The van der Waals surface area contributed by atoms with E-state index in [1.54, 1.807) is 0 Å². The third kappa shape index (κ3) is 4.05. The molecule has 0 fully saturated rings. The van der Waals surface area contributed by atoms with Crippen LogP contribution in [0.3, 0.4) is 0 Å². The minimum atomic E-state index is -0.593. The summed E-state index contributed by atoms with van der Waals surface area (Å²) in [5, 5.41) is 12.7. The zero-order valence-corrected chi connectivity index (χ0v) is 9.25. The van der Waals surface area contributed by atoms with Crippen molar-refractivity contribution in [3.63, 3.8) is 0 Å². The molecule has 1 unspecified atom stereocenters. The summed E-state index contributed by atoms with van der Waals surface area (Å²) in [6, 6.07) is 8.00. The zero-order chi connectivity index (χ0) is 11.1. The Kier molecular flexibility index (Phi) is 4.73. The van der Waals surface area contributed by atoms with E-state index in [1.165, 1.54) is 5.56 Å². The number of hydrogen-bond acceptors (Lipinski definition) is 2. The Labute approximate surface area is 91.3 Å². The normalized spacial score (nSPS) is 11.4. The highest BCUT2D eigenvalue weighted by atomic mass is 16.3. The van der Waals surface area contributed by atoms with Crippen molar-refractivity contribution >= 4 is 5.69 Å². The minimum absolute atomic E-state index is 0.470. The molecule has 0 aromatic heterocycles. The maximum atomic E-state index is 9.50. The van der Waals surface area contributed by atoms with Gasteiger partial charge in [-0.3, -0.25) is 0 Å². The standard InChI is InChI=1S/C13H17NO/c1-3-4-8-12(15)10-14-13-9-6-5-7-11(13)2/h5-7,9,12,14-15H,3,10H2,1-2H3. The molecule has 80 valence electrons. The molecular weight excluding hydrogens is 186 g/mol. The predicted molar refractivity (Wildman–Crippen MR) is 63.7 cm³/mol. The van der Waals surface area contributed by atoms with E-state index in [0.29, 0.717) is 6.54 Å². The molecule has 2 N–H and O–H groups in total. The smallest absolute Gasteiger partial charge is 0.131 e. The van der Waals surface area contributed by atoms with Crippen LogP contribution in [0.1, 0.15) is 18.9 Å². The minimum Gasteiger partial charge on any atom is -0.381 e. The summed E-state index contributed by atoms with van der Waals surface area (Å²) in [7, 11) is 0. The van der Waals surface area contributed by atoms with Gasteiger partial charge in [0.05, 0.1) is 6.54 Å². The van der Waals surface area contributed by atoms with Gasteiger partial charge >= 0.3 is 0 Å². The molecule has 1 atom stereocenters. The lowest BCUT2D eigenvalue weighted by Crippen LogP contribution is -2.17. The molecule has 0 radical (unpaired) electrons. The summed E-state index contributed by atoms with van der Waals surface area (Å²) in [6.45, 7) is 4.47. The molecule has 1 aromatic carbocycles. The first-order chi connectivity index (χ1) is 7.24. The molecule has 2 nitrogen and oxygen atoms in total. The van der Waals surface area contributed by atoms with Gasteiger partial charge in [0.15, 0.2) is 0 Å². The average Bonchev–Trinajstić information content (AvgIpc) is 2.25. The summed E-state index contributed by atoms with van der Waals surface area (Å²) in [4.78, 5) is 0. The fraction of sp³-hybridized carbons (Fsp3) is 0.385. The third-order valence-electron chi connectivity index (χ3n) is 2.08. The molecule has 0 aliphatic heterocycles. The molecule has 0 saturated heterocycles. The van der Waals surface area contributed by atoms with Gasteiger partial charge in [0.25, 0.3) is 0 Å². The molecule has 0 saturated carbocycles. The van der Waals surface area contributed by atoms with Crippen LogP contribution in [0, 0.1) is 18.8 Å². The first kappa shape index (κ1) is 11.6. The van der Waals surface area contributed by atoms with Gasteiger partial charge in [-0.15, -0.1) is 5.92 Å². The molecule has 1 aromatic rings. The SMILES string of the molecule is CCC#CC(O)CNc1ccccc1C. The molecule has 0 bridgehead atoms. The number of benzene rings is 1. The number of aliphatic hydroxyl groups is 1. The topological polar surface area (TPSA) is 32.3 Å². The van der Waals surface area contributed by atoms with Gasteiger partial charge in [0.2, 0.25) is 0 Å². The Bertz CT molecular complexity index is 362. The number of para-hydroxylation sites is 1. The monoisotopic (exact) mass is 203 g/mol. The van der Waals surface area contributed by atoms with Gasteiger partial charge in [0.1, 0.15) is 6.10 Å². The predicted octanol–water partition coefficient (Wildman–Crippen LogP) is 2.18. The second-order valence-electron chi connectivity index (χ2n) is 3.39. The number of aryl methyl sites for hydroxylation is 1. The van der Waals surface area contributed by atoms with Crippen LogP contribution in [0.2, 0.25) is 0 Å². The number of anilines is 1. The highest BCUT2D eigenvalue weighted by Crippen LogP contribution is 2.12. The Morgan fingerprint density at radius 3 is 2.80 bits per heavy atom. The molecule has 2 heteroatoms. The van der Waals surface area contributed by atoms with E-state index in [-0.39, 0.29) is 0 Å². The first-order valence-electron chi connectivity index (χ1n) is 5.20. The largest absolute Gasteiger partial charge is 0.381 e. The third-order valence-corrected chi connectivity index (χ3v) is 2.08. The van der Waals surface area contributed by atoms with Crippen molar-refractivity contribution in [1.29, 1.82) is 0 Å². The van der Waals surface area contributed by atoms with E-state index in [4.69, 9.17) is 0 Å². The summed E-state index contributed by atoms with van der Waals surface area (Å²) in [5.41, 5.74) is 2.22. The maximum Gasteiger partial charge on any atom is 0.131 e. The van der Waals surface area contributed by atoms with Crippen molar-refractivity contribution in [3.05, 3.63) is 29.8 Å². The summed E-state index contributed by atoms with van der Waals surface area (Å²) >= 11 is 0. The average molecular weight is 203 g/mol. The van der Waals surface area contributed by atoms with Crippen LogP contribution >= 0.6 is 0 Å². The molecule has 0 spiro atoms. The number of rotatable bonds is 3. The summed E-state index contributed by atoms with van der Waals surface area (Å²) < 4.78 is 0.